The number of rotatable bonds is 6. The van der Waals surface area contributed by atoms with Crippen molar-refractivity contribution < 1.29 is 9.53 Å². The van der Waals surface area contributed by atoms with Crippen molar-refractivity contribution in [1.82, 2.24) is 5.32 Å². The number of unbranched alkanes of at least 4 members (excludes halogenated alkanes) is 1. The molecule has 3 atom stereocenters. The fourth-order valence-corrected chi connectivity index (χ4v) is 1.98. The second kappa shape index (κ2) is 6.86. The molecular weight excluding hydrogens is 204 g/mol. The van der Waals surface area contributed by atoms with Gasteiger partial charge in [0.2, 0.25) is 5.91 Å². The smallest absolute Gasteiger partial charge is 0.237 e. The molecule has 0 saturated carbocycles. The zero-order chi connectivity index (χ0) is 12.0. The molecule has 1 fully saturated rings. The first-order valence-electron chi connectivity index (χ1n) is 6.32. The highest BCUT2D eigenvalue weighted by Gasteiger charge is 2.25. The number of hydrogen-bond donors (Lipinski definition) is 2. The molecule has 0 aromatic heterocycles. The summed E-state index contributed by atoms with van der Waals surface area (Å²) in [5.74, 6) is -0.0450. The third-order valence-electron chi connectivity index (χ3n) is 3.10. The van der Waals surface area contributed by atoms with Crippen LogP contribution < -0.4 is 11.1 Å². The van der Waals surface area contributed by atoms with Crippen LogP contribution in [0.5, 0.6) is 0 Å². The number of amides is 1. The van der Waals surface area contributed by atoms with Crippen LogP contribution >= 0.6 is 0 Å². The maximum atomic E-state index is 11.7. The van der Waals surface area contributed by atoms with Crippen molar-refractivity contribution >= 4 is 5.91 Å². The van der Waals surface area contributed by atoms with Gasteiger partial charge in [0.1, 0.15) is 0 Å². The molecule has 0 aliphatic carbocycles. The Balaban J connectivity index is 2.26. The Kier molecular flexibility index (Phi) is 5.77. The van der Waals surface area contributed by atoms with Crippen molar-refractivity contribution in [3.8, 4) is 0 Å². The third kappa shape index (κ3) is 4.10. The molecule has 3 N–H and O–H groups in total. The van der Waals surface area contributed by atoms with E-state index in [0.29, 0.717) is 0 Å². The third-order valence-corrected chi connectivity index (χ3v) is 3.10. The Morgan fingerprint density at radius 1 is 1.62 bits per heavy atom. The first kappa shape index (κ1) is 13.5. The molecule has 4 nitrogen and oxygen atoms in total. The summed E-state index contributed by atoms with van der Waals surface area (Å²) in [6.07, 6.45) is 5.13. The van der Waals surface area contributed by atoms with Crippen LogP contribution in [0.15, 0.2) is 0 Å². The largest absolute Gasteiger partial charge is 0.376 e. The lowest BCUT2D eigenvalue weighted by Crippen LogP contribution is -2.48. The van der Waals surface area contributed by atoms with Crippen LogP contribution in [0.25, 0.3) is 0 Å². The van der Waals surface area contributed by atoms with Gasteiger partial charge in [-0.1, -0.05) is 19.8 Å². The summed E-state index contributed by atoms with van der Waals surface area (Å²) in [5.41, 5.74) is 5.80. The van der Waals surface area contributed by atoms with Crippen LogP contribution in [0.2, 0.25) is 0 Å². The van der Waals surface area contributed by atoms with E-state index in [2.05, 4.69) is 12.2 Å². The number of hydrogen-bond acceptors (Lipinski definition) is 3. The van der Waals surface area contributed by atoms with Gasteiger partial charge in [0.25, 0.3) is 0 Å². The summed E-state index contributed by atoms with van der Waals surface area (Å²) in [7, 11) is 0. The summed E-state index contributed by atoms with van der Waals surface area (Å²) in [5, 5.41) is 2.94. The molecule has 1 heterocycles. The average Bonchev–Trinajstić information content (AvgIpc) is 2.79. The highest BCUT2D eigenvalue weighted by Crippen LogP contribution is 2.15. The second-order valence-electron chi connectivity index (χ2n) is 4.60. The van der Waals surface area contributed by atoms with Crippen LogP contribution in [0, 0.1) is 0 Å². The van der Waals surface area contributed by atoms with Gasteiger partial charge < -0.3 is 15.8 Å². The van der Waals surface area contributed by atoms with Gasteiger partial charge in [0.05, 0.1) is 18.2 Å². The first-order valence-corrected chi connectivity index (χ1v) is 6.32. The monoisotopic (exact) mass is 228 g/mol. The van der Waals surface area contributed by atoms with E-state index in [1.807, 2.05) is 6.92 Å². The van der Waals surface area contributed by atoms with Crippen molar-refractivity contribution in [3.63, 3.8) is 0 Å². The molecule has 1 amide bonds. The number of carbonyl (C=O) groups excluding carboxylic acids is 1. The maximum absolute atomic E-state index is 11.7. The number of ether oxygens (including phenoxy) is 1. The van der Waals surface area contributed by atoms with Gasteiger partial charge in [0.15, 0.2) is 0 Å². The Hall–Kier alpha value is -0.610. The number of nitrogens with two attached hydrogens (primary N) is 1. The Bertz CT molecular complexity index is 215. The molecule has 1 aliphatic rings. The molecule has 0 aromatic carbocycles. The van der Waals surface area contributed by atoms with Crippen molar-refractivity contribution in [2.24, 2.45) is 5.73 Å². The highest BCUT2D eigenvalue weighted by molar-refractivity contribution is 5.81. The first-order chi connectivity index (χ1) is 7.65. The van der Waals surface area contributed by atoms with Crippen molar-refractivity contribution in [2.45, 2.75) is 64.1 Å². The van der Waals surface area contributed by atoms with Gasteiger partial charge in [-0.2, -0.15) is 0 Å². The van der Waals surface area contributed by atoms with Crippen LogP contribution in [0.1, 0.15) is 46.0 Å². The summed E-state index contributed by atoms with van der Waals surface area (Å²) in [6.45, 7) is 4.90. The second-order valence-corrected chi connectivity index (χ2v) is 4.60. The van der Waals surface area contributed by atoms with Crippen LogP contribution in [-0.2, 0) is 9.53 Å². The van der Waals surface area contributed by atoms with Crippen molar-refractivity contribution in [2.75, 3.05) is 6.61 Å². The van der Waals surface area contributed by atoms with Gasteiger partial charge in [-0.15, -0.1) is 0 Å². The zero-order valence-corrected chi connectivity index (χ0v) is 10.4. The summed E-state index contributed by atoms with van der Waals surface area (Å²) in [4.78, 5) is 11.7. The van der Waals surface area contributed by atoms with Crippen LogP contribution in [0.4, 0.5) is 0 Å². The molecule has 0 aromatic rings. The molecule has 1 rings (SSSR count). The van der Waals surface area contributed by atoms with E-state index < -0.39 is 0 Å². The van der Waals surface area contributed by atoms with Crippen molar-refractivity contribution in [3.05, 3.63) is 0 Å². The van der Waals surface area contributed by atoms with E-state index in [9.17, 15) is 4.79 Å². The minimum atomic E-state index is -0.371. The molecule has 0 bridgehead atoms. The Morgan fingerprint density at radius 2 is 2.38 bits per heavy atom. The summed E-state index contributed by atoms with van der Waals surface area (Å²) in [6, 6.07) is -0.300. The van der Waals surface area contributed by atoms with E-state index in [4.69, 9.17) is 10.5 Å². The fourth-order valence-electron chi connectivity index (χ4n) is 1.98. The molecule has 94 valence electrons. The van der Waals surface area contributed by atoms with E-state index in [1.165, 1.54) is 0 Å². The molecule has 1 aliphatic heterocycles. The predicted octanol–water partition coefficient (Wildman–Crippen LogP) is 1.19. The molecule has 1 saturated heterocycles. The number of carbonyl (C=O) groups is 1. The minimum absolute atomic E-state index is 0.0450. The molecule has 2 unspecified atom stereocenters. The summed E-state index contributed by atoms with van der Waals surface area (Å²) < 4.78 is 5.52. The summed E-state index contributed by atoms with van der Waals surface area (Å²) >= 11 is 0. The van der Waals surface area contributed by atoms with Gasteiger partial charge in [-0.25, -0.2) is 0 Å². The standard InChI is InChI=1S/C12H24N2O2/c1-3-4-6-10(13)12(15)14-9(2)11-7-5-8-16-11/h9-11H,3-8,13H2,1-2H3,(H,14,15)/t9?,10-,11?/m0/s1. The topological polar surface area (TPSA) is 64.4 Å². The molecule has 4 heteroatoms. The molecule has 16 heavy (non-hydrogen) atoms. The lowest BCUT2D eigenvalue weighted by molar-refractivity contribution is -0.124. The highest BCUT2D eigenvalue weighted by atomic mass is 16.5. The normalized spacial score (nSPS) is 24.1. The fraction of sp³-hybridized carbons (Fsp3) is 0.917. The maximum Gasteiger partial charge on any atom is 0.237 e. The van der Waals surface area contributed by atoms with Gasteiger partial charge >= 0.3 is 0 Å². The lowest BCUT2D eigenvalue weighted by atomic mass is 10.1. The number of nitrogens with one attached hydrogen (secondary N) is 1. The Morgan fingerprint density at radius 3 is 2.94 bits per heavy atom. The van der Waals surface area contributed by atoms with Gasteiger partial charge in [-0.05, 0) is 26.2 Å². The molecular formula is C12H24N2O2. The van der Waals surface area contributed by atoms with E-state index in [0.717, 1.165) is 38.7 Å². The average molecular weight is 228 g/mol. The molecule has 0 radical (unpaired) electrons. The van der Waals surface area contributed by atoms with E-state index in [-0.39, 0.29) is 24.1 Å². The molecule has 0 spiro atoms. The van der Waals surface area contributed by atoms with E-state index >= 15 is 0 Å². The Labute approximate surface area is 97.9 Å². The van der Waals surface area contributed by atoms with Gasteiger partial charge in [0, 0.05) is 6.61 Å². The quantitative estimate of drug-likeness (QED) is 0.717. The van der Waals surface area contributed by atoms with Crippen LogP contribution in [0.3, 0.4) is 0 Å². The zero-order valence-electron chi connectivity index (χ0n) is 10.4. The van der Waals surface area contributed by atoms with Crippen LogP contribution in [-0.4, -0.2) is 30.7 Å². The minimum Gasteiger partial charge on any atom is -0.376 e. The van der Waals surface area contributed by atoms with E-state index in [1.54, 1.807) is 0 Å². The predicted molar refractivity (Wildman–Crippen MR) is 64.1 cm³/mol. The van der Waals surface area contributed by atoms with Gasteiger partial charge in [-0.3, -0.25) is 4.79 Å². The lowest BCUT2D eigenvalue weighted by Gasteiger charge is -2.22. The van der Waals surface area contributed by atoms with Crippen molar-refractivity contribution in [1.29, 1.82) is 0 Å². The SMILES string of the molecule is CCCC[C@H](N)C(=O)NC(C)C1CCCO1.